The fourth-order valence-corrected chi connectivity index (χ4v) is 2.91. The van der Waals surface area contributed by atoms with Crippen molar-refractivity contribution in [2.45, 2.75) is 32.2 Å². The van der Waals surface area contributed by atoms with Crippen LogP contribution in [0.3, 0.4) is 0 Å². The molecule has 2 heterocycles. The molecule has 6 nitrogen and oxygen atoms in total. The highest BCUT2D eigenvalue weighted by molar-refractivity contribution is 5.97. The number of allylic oxidation sites excluding steroid dienone is 1. The zero-order valence-electron chi connectivity index (χ0n) is 13.5. The molecule has 0 radical (unpaired) electrons. The molecule has 0 saturated carbocycles. The second-order valence-corrected chi connectivity index (χ2v) is 5.65. The lowest BCUT2D eigenvalue weighted by molar-refractivity contribution is 0.0600. The number of esters is 1. The van der Waals surface area contributed by atoms with E-state index in [-0.39, 0.29) is 0 Å². The van der Waals surface area contributed by atoms with E-state index < -0.39 is 5.97 Å². The van der Waals surface area contributed by atoms with Crippen LogP contribution in [0.1, 0.15) is 46.8 Å². The second kappa shape index (κ2) is 7.09. The highest BCUT2D eigenvalue weighted by Gasteiger charge is 2.18. The number of rotatable bonds is 3. The first-order valence-electron chi connectivity index (χ1n) is 7.96. The average Bonchev–Trinajstić information content (AvgIpc) is 2.87. The molecule has 1 aromatic heterocycles. The molecule has 0 N–H and O–H groups in total. The highest BCUT2D eigenvalue weighted by Crippen LogP contribution is 2.22. The predicted octanol–water partition coefficient (Wildman–Crippen LogP) is 2.86. The average molecular weight is 322 g/mol. The Morgan fingerprint density at radius 3 is 2.92 bits per heavy atom. The summed E-state index contributed by atoms with van der Waals surface area (Å²) in [6.07, 6.45) is 5.85. The Bertz CT molecular complexity index is 830. The number of ether oxygens (including phenoxy) is 1. The van der Waals surface area contributed by atoms with E-state index in [1.807, 2.05) is 10.6 Å². The zero-order valence-corrected chi connectivity index (χ0v) is 13.5. The molecule has 2 aromatic rings. The largest absolute Gasteiger partial charge is 0.465 e. The number of aryl methyl sites for hydroxylation is 1. The van der Waals surface area contributed by atoms with E-state index in [0.717, 1.165) is 38.1 Å². The van der Waals surface area contributed by atoms with Gasteiger partial charge in [0, 0.05) is 13.0 Å². The van der Waals surface area contributed by atoms with Crippen molar-refractivity contribution >= 4 is 17.6 Å². The van der Waals surface area contributed by atoms with Gasteiger partial charge in [0.25, 0.3) is 0 Å². The summed E-state index contributed by atoms with van der Waals surface area (Å²) in [7, 11) is 1.34. The van der Waals surface area contributed by atoms with Gasteiger partial charge in [0.05, 0.1) is 18.2 Å². The molecule has 0 fully saturated rings. The second-order valence-electron chi connectivity index (χ2n) is 5.65. The van der Waals surface area contributed by atoms with Crippen LogP contribution >= 0.6 is 0 Å². The Balaban J connectivity index is 2.05. The fourth-order valence-electron chi connectivity index (χ4n) is 2.91. The molecule has 0 amide bonds. The number of nitriles is 1. The lowest BCUT2D eigenvalue weighted by Gasteiger charge is -2.07. The quantitative estimate of drug-likeness (QED) is 0.641. The van der Waals surface area contributed by atoms with Gasteiger partial charge < -0.3 is 9.30 Å². The molecule has 0 atom stereocenters. The van der Waals surface area contributed by atoms with Gasteiger partial charge in [-0.1, -0.05) is 24.6 Å². The van der Waals surface area contributed by atoms with Gasteiger partial charge in [0.15, 0.2) is 5.82 Å². The molecule has 0 saturated heterocycles. The first-order valence-corrected chi connectivity index (χ1v) is 7.96. The molecule has 0 spiro atoms. The van der Waals surface area contributed by atoms with E-state index >= 15 is 0 Å². The van der Waals surface area contributed by atoms with Gasteiger partial charge in [-0.25, -0.2) is 4.79 Å². The molecule has 122 valence electrons. The van der Waals surface area contributed by atoms with Gasteiger partial charge in [-0.15, -0.1) is 10.2 Å². The van der Waals surface area contributed by atoms with Crippen LogP contribution in [0.25, 0.3) is 11.6 Å². The van der Waals surface area contributed by atoms with Gasteiger partial charge in [-0.05, 0) is 30.5 Å². The number of hydrogen-bond acceptors (Lipinski definition) is 5. The molecule has 1 aliphatic heterocycles. The van der Waals surface area contributed by atoms with E-state index in [9.17, 15) is 10.1 Å². The Morgan fingerprint density at radius 1 is 1.29 bits per heavy atom. The fraction of sp³-hybridized carbons (Fsp3) is 0.333. The number of aromatic nitrogens is 3. The summed E-state index contributed by atoms with van der Waals surface area (Å²) in [6.45, 7) is 0.815. The molecule has 1 aromatic carbocycles. The topological polar surface area (TPSA) is 80.8 Å². The minimum absolute atomic E-state index is 0.395. The van der Waals surface area contributed by atoms with Crippen LogP contribution in [0.2, 0.25) is 0 Å². The van der Waals surface area contributed by atoms with Gasteiger partial charge in [-0.2, -0.15) is 5.26 Å². The number of nitrogens with zero attached hydrogens (tertiary/aromatic N) is 4. The lowest BCUT2D eigenvalue weighted by atomic mass is 10.0. The predicted molar refractivity (Wildman–Crippen MR) is 88.8 cm³/mol. The molecule has 3 rings (SSSR count). The highest BCUT2D eigenvalue weighted by atomic mass is 16.5. The molecular formula is C18H18N4O2. The molecule has 0 unspecified atom stereocenters. The number of carbonyl (C=O) groups is 1. The van der Waals surface area contributed by atoms with Crippen molar-refractivity contribution in [1.82, 2.24) is 14.8 Å². The van der Waals surface area contributed by atoms with E-state index in [1.54, 1.807) is 24.3 Å². The number of hydrogen-bond donors (Lipinski definition) is 0. The van der Waals surface area contributed by atoms with Crippen molar-refractivity contribution in [2.75, 3.05) is 7.11 Å². The Kier molecular flexibility index (Phi) is 4.71. The van der Waals surface area contributed by atoms with Crippen molar-refractivity contribution in [3.8, 4) is 6.07 Å². The molecule has 0 aliphatic carbocycles. The van der Waals surface area contributed by atoms with Gasteiger partial charge in [-0.3, -0.25) is 0 Å². The number of benzene rings is 1. The maximum atomic E-state index is 11.9. The van der Waals surface area contributed by atoms with E-state index in [4.69, 9.17) is 4.74 Å². The maximum Gasteiger partial charge on any atom is 0.338 e. The maximum absolute atomic E-state index is 11.9. The molecular weight excluding hydrogens is 304 g/mol. The van der Waals surface area contributed by atoms with Crippen molar-refractivity contribution in [2.24, 2.45) is 0 Å². The third kappa shape index (κ3) is 3.06. The Morgan fingerprint density at radius 2 is 2.12 bits per heavy atom. The summed E-state index contributed by atoms with van der Waals surface area (Å²) in [5.74, 6) is 1.05. The first kappa shape index (κ1) is 15.9. The summed E-state index contributed by atoms with van der Waals surface area (Å²) in [6, 6.07) is 9.23. The van der Waals surface area contributed by atoms with E-state index in [2.05, 4.69) is 16.3 Å². The van der Waals surface area contributed by atoms with Gasteiger partial charge in [0.2, 0.25) is 0 Å². The summed E-state index contributed by atoms with van der Waals surface area (Å²) in [5, 5.41) is 18.0. The van der Waals surface area contributed by atoms with E-state index in [0.29, 0.717) is 22.5 Å². The van der Waals surface area contributed by atoms with E-state index in [1.165, 1.54) is 7.11 Å². The first-order chi connectivity index (χ1) is 11.7. The SMILES string of the molecule is COC(=O)c1ccccc1/C=C(\C#N)c1nnc2n1CCCCC2. The van der Waals surface area contributed by atoms with Crippen LogP contribution in [0.4, 0.5) is 0 Å². The minimum atomic E-state index is -0.431. The van der Waals surface area contributed by atoms with Crippen LogP contribution in [-0.2, 0) is 17.7 Å². The van der Waals surface area contributed by atoms with Crippen molar-refractivity contribution in [3.63, 3.8) is 0 Å². The van der Waals surface area contributed by atoms with Crippen molar-refractivity contribution in [3.05, 3.63) is 47.0 Å². The van der Waals surface area contributed by atoms with Crippen LogP contribution < -0.4 is 0 Å². The van der Waals surface area contributed by atoms with Crippen LogP contribution in [-0.4, -0.2) is 27.8 Å². The molecule has 1 aliphatic rings. The van der Waals surface area contributed by atoms with Crippen LogP contribution in [0, 0.1) is 11.3 Å². The molecule has 0 bridgehead atoms. The van der Waals surface area contributed by atoms with Gasteiger partial charge >= 0.3 is 5.97 Å². The normalized spacial score (nSPS) is 14.4. The van der Waals surface area contributed by atoms with Crippen LogP contribution in [0.5, 0.6) is 0 Å². The Hall–Kier alpha value is -2.94. The van der Waals surface area contributed by atoms with Crippen molar-refractivity contribution in [1.29, 1.82) is 5.26 Å². The number of methoxy groups -OCH3 is 1. The molecule has 6 heteroatoms. The summed E-state index contributed by atoms with van der Waals surface area (Å²) < 4.78 is 6.82. The van der Waals surface area contributed by atoms with Gasteiger partial charge in [0.1, 0.15) is 11.9 Å². The smallest absolute Gasteiger partial charge is 0.338 e. The third-order valence-corrected chi connectivity index (χ3v) is 4.14. The number of carbonyl (C=O) groups excluding carboxylic acids is 1. The summed E-state index contributed by atoms with van der Waals surface area (Å²) in [4.78, 5) is 11.9. The van der Waals surface area contributed by atoms with Crippen LogP contribution in [0.15, 0.2) is 24.3 Å². The summed E-state index contributed by atoms with van der Waals surface area (Å²) in [5.41, 5.74) is 1.45. The number of fused-ring (bicyclic) bond motifs is 1. The summed E-state index contributed by atoms with van der Waals surface area (Å²) >= 11 is 0. The molecule has 24 heavy (non-hydrogen) atoms. The van der Waals surface area contributed by atoms with Crippen molar-refractivity contribution < 1.29 is 9.53 Å². The monoisotopic (exact) mass is 322 g/mol. The Labute approximate surface area is 140 Å². The standard InChI is InChI=1S/C18H18N4O2/c1-24-18(23)15-8-5-4-7-13(15)11-14(12-19)17-21-20-16-9-3-2-6-10-22(16)17/h4-5,7-8,11H,2-3,6,9-10H2,1H3/b14-11+. The third-order valence-electron chi connectivity index (χ3n) is 4.14. The minimum Gasteiger partial charge on any atom is -0.465 e. The lowest BCUT2D eigenvalue weighted by Crippen LogP contribution is -2.06. The zero-order chi connectivity index (χ0) is 16.9.